The number of benzene rings is 2. The highest BCUT2D eigenvalue weighted by molar-refractivity contribution is 6.06. The maximum Gasteiger partial charge on any atom is 0.213 e. The maximum atomic E-state index is 15.1. The fourth-order valence-electron chi connectivity index (χ4n) is 3.91. The lowest BCUT2D eigenvalue weighted by Crippen LogP contribution is -2.00. The van der Waals surface area contributed by atoms with Crippen molar-refractivity contribution in [1.82, 2.24) is 4.98 Å². The van der Waals surface area contributed by atoms with E-state index in [1.165, 1.54) is 44.9 Å². The van der Waals surface area contributed by atoms with Gasteiger partial charge in [-0.2, -0.15) is 0 Å². The van der Waals surface area contributed by atoms with E-state index in [4.69, 9.17) is 9.47 Å². The van der Waals surface area contributed by atoms with Crippen molar-refractivity contribution in [2.75, 3.05) is 13.2 Å². The first-order valence-electron chi connectivity index (χ1n) is 12.0. The summed E-state index contributed by atoms with van der Waals surface area (Å²) in [6.07, 6.45) is 11.8. The van der Waals surface area contributed by atoms with E-state index in [1.807, 2.05) is 24.3 Å². The molecule has 1 heterocycles. The standard InChI is InChI=1S/C27H36FNO2/c1-3-5-7-9-10-12-19-30-25-17-14-21-22-15-18-26(31-20-11-8-6-4-2)29-24(22)16-13-23(21)27(25)28/h13-18H,3-12,19-20H2,1-2H3. The molecular formula is C27H36FNO2. The zero-order valence-electron chi connectivity index (χ0n) is 19.1. The van der Waals surface area contributed by atoms with Crippen LogP contribution in [0.25, 0.3) is 21.7 Å². The second-order valence-electron chi connectivity index (χ2n) is 8.28. The lowest BCUT2D eigenvalue weighted by molar-refractivity contribution is 0.291. The Labute approximate surface area is 186 Å². The van der Waals surface area contributed by atoms with Gasteiger partial charge >= 0.3 is 0 Å². The van der Waals surface area contributed by atoms with E-state index in [0.717, 1.165) is 35.6 Å². The number of hydrogen-bond acceptors (Lipinski definition) is 3. The molecule has 3 nitrogen and oxygen atoms in total. The molecule has 31 heavy (non-hydrogen) atoms. The predicted molar refractivity (Wildman–Crippen MR) is 128 cm³/mol. The number of aromatic nitrogens is 1. The van der Waals surface area contributed by atoms with Gasteiger partial charge in [0.2, 0.25) is 5.88 Å². The van der Waals surface area contributed by atoms with Crippen LogP contribution in [-0.2, 0) is 0 Å². The number of halogens is 1. The fraction of sp³-hybridized carbons (Fsp3) is 0.519. The summed E-state index contributed by atoms with van der Waals surface area (Å²) in [4.78, 5) is 4.61. The average Bonchev–Trinajstić information content (AvgIpc) is 2.79. The van der Waals surface area contributed by atoms with Crippen LogP contribution in [0.3, 0.4) is 0 Å². The van der Waals surface area contributed by atoms with Crippen LogP contribution in [0.1, 0.15) is 78.1 Å². The Balaban J connectivity index is 1.64. The molecule has 0 atom stereocenters. The molecule has 4 heteroatoms. The van der Waals surface area contributed by atoms with E-state index >= 15 is 4.39 Å². The van der Waals surface area contributed by atoms with E-state index in [-0.39, 0.29) is 5.82 Å². The number of pyridine rings is 1. The number of fused-ring (bicyclic) bond motifs is 3. The van der Waals surface area contributed by atoms with Crippen LogP contribution in [-0.4, -0.2) is 18.2 Å². The first kappa shape index (κ1) is 23.3. The molecule has 0 bridgehead atoms. The average molecular weight is 426 g/mol. The lowest BCUT2D eigenvalue weighted by atomic mass is 10.0. The minimum absolute atomic E-state index is 0.290. The first-order valence-corrected chi connectivity index (χ1v) is 12.0. The molecular weight excluding hydrogens is 389 g/mol. The van der Waals surface area contributed by atoms with Gasteiger partial charge in [-0.05, 0) is 48.6 Å². The second-order valence-corrected chi connectivity index (χ2v) is 8.28. The van der Waals surface area contributed by atoms with Crippen LogP contribution >= 0.6 is 0 Å². The highest BCUT2D eigenvalue weighted by Crippen LogP contribution is 2.32. The molecule has 0 saturated heterocycles. The molecule has 1 aromatic heterocycles. The summed E-state index contributed by atoms with van der Waals surface area (Å²) in [5.41, 5.74) is 0.818. The first-order chi connectivity index (χ1) is 15.2. The second kappa shape index (κ2) is 12.5. The fourth-order valence-corrected chi connectivity index (χ4v) is 3.91. The van der Waals surface area contributed by atoms with Crippen LogP contribution in [0, 0.1) is 5.82 Å². The van der Waals surface area contributed by atoms with E-state index in [0.29, 0.717) is 30.2 Å². The Hall–Kier alpha value is -2.36. The summed E-state index contributed by atoms with van der Waals surface area (Å²) in [5.74, 6) is 0.671. The Morgan fingerprint density at radius 2 is 1.26 bits per heavy atom. The predicted octanol–water partition coefficient (Wildman–Crippen LogP) is 8.23. The van der Waals surface area contributed by atoms with Gasteiger partial charge < -0.3 is 9.47 Å². The molecule has 0 saturated carbocycles. The summed E-state index contributed by atoms with van der Waals surface area (Å²) in [6.45, 7) is 5.65. The topological polar surface area (TPSA) is 31.4 Å². The van der Waals surface area contributed by atoms with Crippen molar-refractivity contribution in [2.24, 2.45) is 0 Å². The SMILES string of the molecule is CCCCCCCCOc1ccc2c(ccc3nc(OCCCCCC)ccc32)c1F. The molecule has 0 fully saturated rings. The van der Waals surface area contributed by atoms with E-state index < -0.39 is 0 Å². The van der Waals surface area contributed by atoms with Crippen molar-refractivity contribution < 1.29 is 13.9 Å². The Morgan fingerprint density at radius 3 is 2.03 bits per heavy atom. The number of unbranched alkanes of at least 4 members (excludes halogenated alkanes) is 8. The summed E-state index contributed by atoms with van der Waals surface area (Å²) in [7, 11) is 0. The lowest BCUT2D eigenvalue weighted by Gasteiger charge is -2.11. The Kier molecular flexibility index (Phi) is 9.39. The van der Waals surface area contributed by atoms with Gasteiger partial charge in [0.15, 0.2) is 11.6 Å². The van der Waals surface area contributed by atoms with Gasteiger partial charge in [-0.3, -0.25) is 0 Å². The van der Waals surface area contributed by atoms with Gasteiger partial charge in [0.1, 0.15) is 0 Å². The minimum Gasteiger partial charge on any atom is -0.490 e. The zero-order chi connectivity index (χ0) is 21.9. The van der Waals surface area contributed by atoms with Crippen molar-refractivity contribution in [3.8, 4) is 11.6 Å². The molecule has 0 aliphatic heterocycles. The molecule has 0 amide bonds. The molecule has 0 unspecified atom stereocenters. The van der Waals surface area contributed by atoms with Crippen molar-refractivity contribution >= 4 is 21.7 Å². The summed E-state index contributed by atoms with van der Waals surface area (Å²) < 4.78 is 26.6. The summed E-state index contributed by atoms with van der Waals surface area (Å²) in [5, 5.41) is 2.35. The molecule has 0 aliphatic rings. The van der Waals surface area contributed by atoms with Crippen LogP contribution in [0.2, 0.25) is 0 Å². The van der Waals surface area contributed by atoms with E-state index in [2.05, 4.69) is 18.8 Å². The molecule has 0 radical (unpaired) electrons. The molecule has 0 spiro atoms. The molecule has 3 rings (SSSR count). The van der Waals surface area contributed by atoms with Crippen LogP contribution in [0.4, 0.5) is 4.39 Å². The molecule has 0 aliphatic carbocycles. The third-order valence-corrected chi connectivity index (χ3v) is 5.74. The number of nitrogens with zero attached hydrogens (tertiary/aromatic N) is 1. The van der Waals surface area contributed by atoms with Gasteiger partial charge in [-0.1, -0.05) is 65.2 Å². The van der Waals surface area contributed by atoms with Crippen molar-refractivity contribution in [2.45, 2.75) is 78.1 Å². The van der Waals surface area contributed by atoms with Crippen LogP contribution in [0.5, 0.6) is 11.6 Å². The highest BCUT2D eigenvalue weighted by Gasteiger charge is 2.12. The largest absolute Gasteiger partial charge is 0.490 e. The van der Waals surface area contributed by atoms with Gasteiger partial charge in [0.05, 0.1) is 18.7 Å². The third kappa shape index (κ3) is 6.56. The van der Waals surface area contributed by atoms with Crippen LogP contribution in [0.15, 0.2) is 36.4 Å². The quantitative estimate of drug-likeness (QED) is 0.192. The monoisotopic (exact) mass is 425 g/mol. The van der Waals surface area contributed by atoms with Gasteiger partial charge in [0.25, 0.3) is 0 Å². The van der Waals surface area contributed by atoms with Gasteiger partial charge in [-0.15, -0.1) is 0 Å². The maximum absolute atomic E-state index is 15.1. The summed E-state index contributed by atoms with van der Waals surface area (Å²) >= 11 is 0. The minimum atomic E-state index is -0.290. The molecule has 3 aromatic rings. The highest BCUT2D eigenvalue weighted by atomic mass is 19.1. The number of ether oxygens (including phenoxy) is 2. The van der Waals surface area contributed by atoms with Crippen molar-refractivity contribution in [1.29, 1.82) is 0 Å². The number of hydrogen-bond donors (Lipinski definition) is 0. The van der Waals surface area contributed by atoms with Crippen LogP contribution < -0.4 is 9.47 Å². The summed E-state index contributed by atoms with van der Waals surface area (Å²) in [6, 6.07) is 11.2. The molecule has 168 valence electrons. The van der Waals surface area contributed by atoms with Crippen molar-refractivity contribution in [3.05, 3.63) is 42.2 Å². The van der Waals surface area contributed by atoms with Gasteiger partial charge in [0, 0.05) is 16.8 Å². The normalized spacial score (nSPS) is 11.3. The Morgan fingerprint density at radius 1 is 0.645 bits per heavy atom. The van der Waals surface area contributed by atoms with E-state index in [1.54, 1.807) is 12.1 Å². The zero-order valence-corrected chi connectivity index (χ0v) is 19.1. The Bertz CT molecular complexity index is 957. The molecule has 2 aromatic carbocycles. The van der Waals surface area contributed by atoms with E-state index in [9.17, 15) is 0 Å². The number of rotatable bonds is 14. The van der Waals surface area contributed by atoms with Crippen molar-refractivity contribution in [3.63, 3.8) is 0 Å². The third-order valence-electron chi connectivity index (χ3n) is 5.74. The smallest absolute Gasteiger partial charge is 0.213 e. The van der Waals surface area contributed by atoms with Gasteiger partial charge in [-0.25, -0.2) is 9.37 Å². The molecule has 0 N–H and O–H groups in total.